The monoisotopic (exact) mass is 457 g/mol. The summed E-state index contributed by atoms with van der Waals surface area (Å²) in [4.78, 5) is 10.9. The summed E-state index contributed by atoms with van der Waals surface area (Å²) in [5.74, 6) is 3.67. The molecular weight excluding hydrogens is 433 g/mol. The Morgan fingerprint density at radius 1 is 1.19 bits per heavy atom. The third-order valence-electron chi connectivity index (χ3n) is 6.47. The third kappa shape index (κ3) is 4.70. The fraction of sp³-hybridized carbons (Fsp3) is 0.478. The fourth-order valence-electron chi connectivity index (χ4n) is 4.67. The van der Waals surface area contributed by atoms with Crippen LogP contribution in [-0.4, -0.2) is 39.9 Å². The largest absolute Gasteiger partial charge is 0.493 e. The van der Waals surface area contributed by atoms with Crippen LogP contribution in [0.3, 0.4) is 0 Å². The lowest BCUT2D eigenvalue weighted by Gasteiger charge is -2.32. The molecule has 3 heterocycles. The van der Waals surface area contributed by atoms with Gasteiger partial charge in [-0.1, -0.05) is 11.6 Å². The fourth-order valence-corrected chi connectivity index (χ4v) is 4.77. The van der Waals surface area contributed by atoms with E-state index in [1.165, 1.54) is 12.5 Å². The van der Waals surface area contributed by atoms with Crippen LogP contribution in [0.1, 0.15) is 31.6 Å². The minimum atomic E-state index is -0.424. The van der Waals surface area contributed by atoms with E-state index in [2.05, 4.69) is 25.1 Å². The van der Waals surface area contributed by atoms with Crippen molar-refractivity contribution < 1.29 is 13.5 Å². The van der Waals surface area contributed by atoms with E-state index in [4.69, 9.17) is 20.8 Å². The number of piperidine rings is 1. The van der Waals surface area contributed by atoms with Crippen molar-refractivity contribution in [3.63, 3.8) is 0 Å². The average molecular weight is 458 g/mol. The molecule has 1 aromatic carbocycles. The molecule has 1 aliphatic heterocycles. The summed E-state index contributed by atoms with van der Waals surface area (Å²) >= 11 is 5.88. The second-order valence-electron chi connectivity index (χ2n) is 8.59. The summed E-state index contributed by atoms with van der Waals surface area (Å²) in [6.07, 6.45) is 7.88. The number of benzene rings is 1. The molecule has 1 saturated carbocycles. The van der Waals surface area contributed by atoms with E-state index in [0.717, 1.165) is 50.1 Å². The number of hydrogen-bond acceptors (Lipinski definition) is 7. The molecule has 0 spiro atoms. The molecule has 168 valence electrons. The van der Waals surface area contributed by atoms with E-state index < -0.39 is 5.82 Å². The summed E-state index contributed by atoms with van der Waals surface area (Å²) in [5, 5.41) is 8.17. The van der Waals surface area contributed by atoms with E-state index in [9.17, 15) is 4.39 Å². The van der Waals surface area contributed by atoms with Crippen LogP contribution in [0.15, 0.2) is 35.0 Å². The van der Waals surface area contributed by atoms with Crippen LogP contribution >= 0.6 is 11.6 Å². The molecule has 1 aliphatic carbocycles. The van der Waals surface area contributed by atoms with Gasteiger partial charge in [-0.2, -0.15) is 0 Å². The van der Waals surface area contributed by atoms with Crippen LogP contribution in [-0.2, 0) is 0 Å². The second-order valence-corrected chi connectivity index (χ2v) is 9.03. The molecule has 2 fully saturated rings. The first kappa shape index (κ1) is 21.1. The lowest BCUT2D eigenvalue weighted by molar-refractivity contribution is 0.283. The first-order valence-electron chi connectivity index (χ1n) is 11.0. The van der Waals surface area contributed by atoms with Crippen molar-refractivity contribution in [2.24, 2.45) is 17.8 Å². The molecule has 0 radical (unpaired) electrons. The van der Waals surface area contributed by atoms with E-state index in [1.807, 2.05) is 0 Å². The van der Waals surface area contributed by atoms with E-state index in [0.29, 0.717) is 29.2 Å². The van der Waals surface area contributed by atoms with Gasteiger partial charge < -0.3 is 14.1 Å². The summed E-state index contributed by atoms with van der Waals surface area (Å²) < 4.78 is 25.5. The van der Waals surface area contributed by atoms with Gasteiger partial charge in [-0.15, -0.1) is 10.2 Å². The van der Waals surface area contributed by atoms with Crippen LogP contribution in [0.5, 0.6) is 5.75 Å². The van der Waals surface area contributed by atoms with Gasteiger partial charge in [0.25, 0.3) is 5.89 Å². The average Bonchev–Trinajstić information content (AvgIpc) is 3.44. The lowest BCUT2D eigenvalue weighted by Crippen LogP contribution is -2.35. The van der Waals surface area contributed by atoms with Gasteiger partial charge in [0.05, 0.1) is 29.6 Å². The van der Waals surface area contributed by atoms with Crippen molar-refractivity contribution in [1.82, 2.24) is 20.2 Å². The summed E-state index contributed by atoms with van der Waals surface area (Å²) in [6, 6.07) is 4.75. The molecule has 5 rings (SSSR count). The van der Waals surface area contributed by atoms with Crippen molar-refractivity contribution >= 4 is 17.5 Å². The standard InChI is InChI=1S/C23H25ClFN5O2/c1-14-28-29-22(32-14)19-3-2-18(11-21(19)25)31-9-6-16-10-20(16)15-4-7-30(8-5-15)23-26-12-17(24)13-27-23/h2-3,11-13,15-16,20H,4-10H2,1H3. The number of anilines is 1. The molecule has 3 aromatic rings. The Hall–Kier alpha value is -2.74. The molecule has 2 aliphatic rings. The molecule has 9 heteroatoms. The molecule has 0 N–H and O–H groups in total. The minimum absolute atomic E-state index is 0.182. The Balaban J connectivity index is 1.06. The molecule has 2 atom stereocenters. The summed E-state index contributed by atoms with van der Waals surface area (Å²) in [6.45, 7) is 4.24. The Bertz CT molecular complexity index is 1070. The SMILES string of the molecule is Cc1nnc(-c2ccc(OCCC3CC3C3CCN(c4ncc(Cl)cn4)CC3)cc2F)o1. The lowest BCUT2D eigenvalue weighted by atomic mass is 9.90. The van der Waals surface area contributed by atoms with Crippen molar-refractivity contribution in [2.75, 3.05) is 24.6 Å². The zero-order chi connectivity index (χ0) is 22.1. The molecule has 0 bridgehead atoms. The Kier molecular flexibility index (Phi) is 5.95. The van der Waals surface area contributed by atoms with Crippen LogP contribution in [0, 0.1) is 30.5 Å². The predicted octanol–water partition coefficient (Wildman–Crippen LogP) is 4.95. The quantitative estimate of drug-likeness (QED) is 0.496. The number of rotatable bonds is 7. The smallest absolute Gasteiger partial charge is 0.250 e. The maximum atomic E-state index is 14.4. The van der Waals surface area contributed by atoms with E-state index in [1.54, 1.807) is 31.5 Å². The highest BCUT2D eigenvalue weighted by atomic mass is 35.5. The van der Waals surface area contributed by atoms with Crippen LogP contribution in [0.25, 0.3) is 11.5 Å². The van der Waals surface area contributed by atoms with Crippen molar-refractivity contribution in [3.8, 4) is 17.2 Å². The van der Waals surface area contributed by atoms with E-state index in [-0.39, 0.29) is 11.5 Å². The van der Waals surface area contributed by atoms with Gasteiger partial charge in [0.2, 0.25) is 11.8 Å². The maximum Gasteiger partial charge on any atom is 0.250 e. The zero-order valence-corrected chi connectivity index (χ0v) is 18.6. The molecular formula is C23H25ClFN5O2. The molecule has 2 unspecified atom stereocenters. The first-order chi connectivity index (χ1) is 15.6. The zero-order valence-electron chi connectivity index (χ0n) is 17.9. The van der Waals surface area contributed by atoms with Gasteiger partial charge in [-0.05, 0) is 55.6 Å². The predicted molar refractivity (Wildman–Crippen MR) is 118 cm³/mol. The summed E-state index contributed by atoms with van der Waals surface area (Å²) in [7, 11) is 0. The van der Waals surface area contributed by atoms with Crippen LogP contribution in [0.2, 0.25) is 5.02 Å². The normalized spacial score (nSPS) is 21.0. The van der Waals surface area contributed by atoms with Gasteiger partial charge in [0.1, 0.15) is 11.6 Å². The highest BCUT2D eigenvalue weighted by Gasteiger charge is 2.43. The number of ether oxygens (including phenoxy) is 1. The molecule has 1 saturated heterocycles. The number of halogens is 2. The minimum Gasteiger partial charge on any atom is -0.493 e. The maximum absolute atomic E-state index is 14.4. The summed E-state index contributed by atoms with van der Waals surface area (Å²) in [5.41, 5.74) is 0.288. The van der Waals surface area contributed by atoms with Gasteiger partial charge in [0.15, 0.2) is 0 Å². The van der Waals surface area contributed by atoms with Gasteiger partial charge in [-0.3, -0.25) is 0 Å². The van der Waals surface area contributed by atoms with Gasteiger partial charge in [0, 0.05) is 26.1 Å². The first-order valence-corrected chi connectivity index (χ1v) is 11.4. The molecule has 32 heavy (non-hydrogen) atoms. The highest BCUT2D eigenvalue weighted by molar-refractivity contribution is 6.30. The number of aryl methyl sites for hydroxylation is 1. The van der Waals surface area contributed by atoms with Crippen LogP contribution in [0.4, 0.5) is 10.3 Å². The number of nitrogens with zero attached hydrogens (tertiary/aromatic N) is 5. The van der Waals surface area contributed by atoms with E-state index >= 15 is 0 Å². The highest BCUT2D eigenvalue weighted by Crippen LogP contribution is 2.49. The topological polar surface area (TPSA) is 77.2 Å². The third-order valence-corrected chi connectivity index (χ3v) is 6.66. The van der Waals surface area contributed by atoms with Crippen molar-refractivity contribution in [2.45, 2.75) is 32.6 Å². The number of aromatic nitrogens is 4. The van der Waals surface area contributed by atoms with Crippen LogP contribution < -0.4 is 9.64 Å². The Labute approximate surface area is 191 Å². The molecule has 0 amide bonds. The Morgan fingerprint density at radius 2 is 1.97 bits per heavy atom. The van der Waals surface area contributed by atoms with Crippen molar-refractivity contribution in [3.05, 3.63) is 47.3 Å². The van der Waals surface area contributed by atoms with Crippen molar-refractivity contribution in [1.29, 1.82) is 0 Å². The Morgan fingerprint density at radius 3 is 2.66 bits per heavy atom. The van der Waals surface area contributed by atoms with Gasteiger partial charge in [-0.25, -0.2) is 14.4 Å². The molecule has 2 aromatic heterocycles. The van der Waals surface area contributed by atoms with Gasteiger partial charge >= 0.3 is 0 Å². The molecule has 7 nitrogen and oxygen atoms in total. The second kappa shape index (κ2) is 9.02. The number of hydrogen-bond donors (Lipinski definition) is 0.